The molecule has 2 unspecified atom stereocenters. The van der Waals surface area contributed by atoms with Crippen molar-refractivity contribution in [3.05, 3.63) is 46.6 Å². The van der Waals surface area contributed by atoms with Crippen LogP contribution >= 0.6 is 12.6 Å². The maximum Gasteiger partial charge on any atom is 0.321 e. The first-order chi connectivity index (χ1) is 14.0. The van der Waals surface area contributed by atoms with E-state index >= 15 is 0 Å². The highest BCUT2D eigenvalue weighted by Crippen LogP contribution is 2.19. The molecular formula is C25H41NO3S. The molecule has 0 spiro atoms. The van der Waals surface area contributed by atoms with Crippen molar-refractivity contribution in [2.24, 2.45) is 5.92 Å². The summed E-state index contributed by atoms with van der Waals surface area (Å²) < 4.78 is 0. The molecule has 0 amide bonds. The number of carbonyl (C=O) groups is 2. The number of rotatable bonds is 14. The zero-order valence-electron chi connectivity index (χ0n) is 19.8. The van der Waals surface area contributed by atoms with Gasteiger partial charge in [-0.2, -0.15) is 12.6 Å². The first-order valence-corrected chi connectivity index (χ1v) is 11.3. The lowest BCUT2D eigenvalue weighted by Gasteiger charge is -2.26. The zero-order chi connectivity index (χ0) is 23.3. The molecule has 2 N–H and O–H groups in total. The Morgan fingerprint density at radius 3 is 1.70 bits per heavy atom. The molecule has 0 bridgehead atoms. The van der Waals surface area contributed by atoms with Crippen molar-refractivity contribution >= 4 is 24.4 Å². The maximum absolute atomic E-state index is 12.5. The second kappa shape index (κ2) is 15.2. The molecule has 0 aromatic heterocycles. The van der Waals surface area contributed by atoms with E-state index < -0.39 is 17.9 Å². The van der Waals surface area contributed by atoms with Crippen LogP contribution in [0.15, 0.2) is 46.6 Å². The van der Waals surface area contributed by atoms with Crippen molar-refractivity contribution in [3.63, 3.8) is 0 Å². The van der Waals surface area contributed by atoms with Gasteiger partial charge in [0.05, 0.1) is 5.92 Å². The molecule has 0 radical (unpaired) electrons. The van der Waals surface area contributed by atoms with E-state index in [1.54, 1.807) is 6.92 Å². The van der Waals surface area contributed by atoms with Crippen LogP contribution in [-0.4, -0.2) is 34.7 Å². The summed E-state index contributed by atoms with van der Waals surface area (Å²) in [5.74, 6) is -1.20. The minimum Gasteiger partial charge on any atom is -0.480 e. The van der Waals surface area contributed by atoms with Crippen LogP contribution in [0.4, 0.5) is 0 Å². The van der Waals surface area contributed by atoms with Crippen LogP contribution in [0.2, 0.25) is 0 Å². The summed E-state index contributed by atoms with van der Waals surface area (Å²) in [4.78, 5) is 24.1. The Morgan fingerprint density at radius 1 is 0.867 bits per heavy atom. The van der Waals surface area contributed by atoms with Gasteiger partial charge in [-0.25, -0.2) is 0 Å². The number of aliphatic carboxylic acids is 1. The van der Waals surface area contributed by atoms with Gasteiger partial charge < -0.3 is 5.11 Å². The quantitative estimate of drug-likeness (QED) is 0.234. The summed E-state index contributed by atoms with van der Waals surface area (Å²) in [5, 5.41) is 12.6. The normalized spacial score (nSPS) is 15.2. The number of Topliss-reactive ketones (excluding diaryl/α,β-unsaturated/α-hetero) is 1. The van der Waals surface area contributed by atoms with Crippen LogP contribution in [0, 0.1) is 5.92 Å². The van der Waals surface area contributed by atoms with Gasteiger partial charge in [-0.05, 0) is 74.1 Å². The minimum atomic E-state index is -0.961. The maximum atomic E-state index is 12.5. The number of allylic oxidation sites excluding steroid dienone is 6. The fourth-order valence-electron chi connectivity index (χ4n) is 3.12. The Morgan fingerprint density at radius 2 is 1.33 bits per heavy atom. The molecule has 0 heterocycles. The number of ketones is 1. The predicted octanol–water partition coefficient (Wildman–Crippen LogP) is 5.92. The first kappa shape index (κ1) is 28.4. The predicted molar refractivity (Wildman–Crippen MR) is 131 cm³/mol. The van der Waals surface area contributed by atoms with Gasteiger partial charge in [0.25, 0.3) is 0 Å². The average Bonchev–Trinajstić information content (AvgIpc) is 2.62. The zero-order valence-corrected chi connectivity index (χ0v) is 20.7. The molecule has 0 saturated heterocycles. The lowest BCUT2D eigenvalue weighted by atomic mass is 9.90. The number of hydrogen-bond acceptors (Lipinski definition) is 4. The number of carboxylic acid groups (broad SMARTS) is 1. The van der Waals surface area contributed by atoms with Gasteiger partial charge in [-0.15, -0.1) is 0 Å². The minimum absolute atomic E-state index is 0.0192. The van der Waals surface area contributed by atoms with Crippen LogP contribution in [-0.2, 0) is 9.59 Å². The summed E-state index contributed by atoms with van der Waals surface area (Å²) in [6, 6.07) is -1.21. The van der Waals surface area contributed by atoms with Gasteiger partial charge in [0.2, 0.25) is 0 Å². The van der Waals surface area contributed by atoms with E-state index in [0.717, 1.165) is 36.8 Å². The van der Waals surface area contributed by atoms with Crippen molar-refractivity contribution in [3.8, 4) is 0 Å². The Kier molecular flexibility index (Phi) is 14.4. The second-order valence-electron chi connectivity index (χ2n) is 8.57. The van der Waals surface area contributed by atoms with Gasteiger partial charge in [-0.1, -0.05) is 46.6 Å². The van der Waals surface area contributed by atoms with Crippen molar-refractivity contribution in [1.82, 2.24) is 5.32 Å². The second-order valence-corrected chi connectivity index (χ2v) is 8.93. The lowest BCUT2D eigenvalue weighted by Crippen LogP contribution is -2.48. The van der Waals surface area contributed by atoms with E-state index in [-0.39, 0.29) is 17.6 Å². The van der Waals surface area contributed by atoms with Gasteiger partial charge >= 0.3 is 5.97 Å². The molecular weight excluding hydrogens is 394 g/mol. The van der Waals surface area contributed by atoms with Gasteiger partial charge in [-0.3, -0.25) is 14.9 Å². The Bertz CT molecular complexity index is 681. The number of hydrogen-bond donors (Lipinski definition) is 3. The van der Waals surface area contributed by atoms with E-state index in [1.807, 2.05) is 26.0 Å². The number of carbonyl (C=O) groups excluding carboxylic acids is 1. The van der Waals surface area contributed by atoms with Crippen LogP contribution < -0.4 is 5.32 Å². The summed E-state index contributed by atoms with van der Waals surface area (Å²) >= 11 is 4.18. The fourth-order valence-corrected chi connectivity index (χ4v) is 3.38. The summed E-state index contributed by atoms with van der Waals surface area (Å²) in [6.07, 6.45) is 12.0. The number of thiol groups is 1. The molecule has 5 heteroatoms. The van der Waals surface area contributed by atoms with Gasteiger partial charge in [0.15, 0.2) is 0 Å². The third-order valence-corrected chi connectivity index (χ3v) is 5.21. The first-order valence-electron chi connectivity index (χ1n) is 10.7. The molecule has 0 aliphatic heterocycles. The van der Waals surface area contributed by atoms with Crippen molar-refractivity contribution in [2.45, 2.75) is 86.2 Å². The molecule has 30 heavy (non-hydrogen) atoms. The molecule has 0 saturated carbocycles. The SMILES string of the molecule is CC(=O)C(C=C(C)CCC=C(C)C)C(C=C(C)CCC=C(C)C)N[C@@H](CS)C(=O)O. The monoisotopic (exact) mass is 435 g/mol. The lowest BCUT2D eigenvalue weighted by molar-refractivity contribution is -0.139. The largest absolute Gasteiger partial charge is 0.480 e. The molecule has 170 valence electrons. The third-order valence-electron chi connectivity index (χ3n) is 4.84. The van der Waals surface area contributed by atoms with E-state index in [2.05, 4.69) is 57.8 Å². The number of nitrogens with one attached hydrogen (secondary N) is 1. The summed E-state index contributed by atoms with van der Waals surface area (Å²) in [5.41, 5.74) is 4.82. The summed E-state index contributed by atoms with van der Waals surface area (Å²) in [6.45, 7) is 13.9. The molecule has 0 aliphatic carbocycles. The molecule has 0 rings (SSSR count). The summed E-state index contributed by atoms with van der Waals surface area (Å²) in [7, 11) is 0. The Hall–Kier alpha value is -1.59. The van der Waals surface area contributed by atoms with E-state index in [9.17, 15) is 14.7 Å². The topological polar surface area (TPSA) is 66.4 Å². The van der Waals surface area contributed by atoms with Crippen LogP contribution in [0.1, 0.15) is 74.1 Å². The van der Waals surface area contributed by atoms with Crippen molar-refractivity contribution < 1.29 is 14.7 Å². The van der Waals surface area contributed by atoms with E-state index in [1.165, 1.54) is 11.1 Å². The average molecular weight is 436 g/mol. The van der Waals surface area contributed by atoms with Gasteiger partial charge in [0.1, 0.15) is 11.8 Å². The molecule has 4 nitrogen and oxygen atoms in total. The van der Waals surface area contributed by atoms with Crippen LogP contribution in [0.25, 0.3) is 0 Å². The molecule has 0 fully saturated rings. The highest BCUT2D eigenvalue weighted by molar-refractivity contribution is 7.80. The highest BCUT2D eigenvalue weighted by Gasteiger charge is 2.27. The molecule has 3 atom stereocenters. The molecule has 0 aromatic rings. The third kappa shape index (κ3) is 12.9. The van der Waals surface area contributed by atoms with Crippen molar-refractivity contribution in [1.29, 1.82) is 0 Å². The van der Waals surface area contributed by atoms with E-state index in [0.29, 0.717) is 0 Å². The van der Waals surface area contributed by atoms with Crippen molar-refractivity contribution in [2.75, 3.05) is 5.75 Å². The smallest absolute Gasteiger partial charge is 0.321 e. The van der Waals surface area contributed by atoms with Crippen LogP contribution in [0.5, 0.6) is 0 Å². The Labute approximate surface area is 189 Å². The number of carboxylic acids is 1. The van der Waals surface area contributed by atoms with Crippen LogP contribution in [0.3, 0.4) is 0 Å². The Balaban J connectivity index is 5.76. The highest BCUT2D eigenvalue weighted by atomic mass is 32.1. The van der Waals surface area contributed by atoms with E-state index in [4.69, 9.17) is 0 Å². The van der Waals surface area contributed by atoms with Gasteiger partial charge in [0, 0.05) is 11.8 Å². The molecule has 0 aliphatic rings. The molecule has 0 aromatic carbocycles. The fraction of sp³-hybridized carbons (Fsp3) is 0.600. The standard InChI is InChI=1S/C25H41NO3S/c1-17(2)10-8-12-19(5)14-22(21(7)27)23(26-24(16-30)25(28)29)15-20(6)13-9-11-18(3)4/h10-11,14-15,22-24,26,30H,8-9,12-13,16H2,1-7H3,(H,28,29)/t22?,23?,24-/m0/s1.